The monoisotopic (exact) mass is 253 g/mol. The molecule has 0 spiro atoms. The molecule has 0 aliphatic rings. The van der Waals surface area contributed by atoms with Gasteiger partial charge in [-0.15, -0.1) is 0 Å². The second-order valence-corrected chi connectivity index (χ2v) is 3.77. The van der Waals surface area contributed by atoms with Gasteiger partial charge >= 0.3 is 6.18 Å². The lowest BCUT2D eigenvalue weighted by molar-refractivity contribution is -0.138. The van der Waals surface area contributed by atoms with Gasteiger partial charge in [-0.3, -0.25) is 0 Å². The van der Waals surface area contributed by atoms with Gasteiger partial charge in [0.2, 0.25) is 0 Å². The average molecular weight is 254 g/mol. The maximum atomic E-state index is 12.5. The number of hydrogen-bond acceptors (Lipinski definition) is 2. The zero-order valence-electron chi connectivity index (χ0n) is 8.31. The molecule has 0 fully saturated rings. The topological polar surface area (TPSA) is 46.2 Å². The highest BCUT2D eigenvalue weighted by Gasteiger charge is 2.35. The maximum absolute atomic E-state index is 12.5. The van der Waals surface area contributed by atoms with E-state index in [1.54, 1.807) is 0 Å². The SMILES string of the molecule is NCCCc1cc(Cl)c(O)c(C(F)(F)F)c1. The van der Waals surface area contributed by atoms with Crippen LogP contribution in [0.2, 0.25) is 5.02 Å². The molecule has 0 saturated carbocycles. The molecule has 0 aliphatic carbocycles. The first-order valence-corrected chi connectivity index (χ1v) is 5.02. The zero-order chi connectivity index (χ0) is 12.3. The highest BCUT2D eigenvalue weighted by molar-refractivity contribution is 6.32. The number of nitrogens with two attached hydrogens (primary N) is 1. The minimum absolute atomic E-state index is 0.290. The number of phenolic OH excluding ortho intramolecular Hbond substituents is 1. The lowest BCUT2D eigenvalue weighted by Gasteiger charge is -2.12. The fourth-order valence-corrected chi connectivity index (χ4v) is 1.56. The number of rotatable bonds is 3. The van der Waals surface area contributed by atoms with Crippen LogP contribution in [-0.4, -0.2) is 11.7 Å². The van der Waals surface area contributed by atoms with Crippen LogP contribution in [0.3, 0.4) is 0 Å². The van der Waals surface area contributed by atoms with Gasteiger partial charge < -0.3 is 10.8 Å². The lowest BCUT2D eigenvalue weighted by atomic mass is 10.1. The van der Waals surface area contributed by atoms with Crippen molar-refractivity contribution in [2.24, 2.45) is 5.73 Å². The Labute approximate surface area is 95.8 Å². The van der Waals surface area contributed by atoms with Crippen molar-refractivity contribution in [2.45, 2.75) is 19.0 Å². The van der Waals surface area contributed by atoms with E-state index in [9.17, 15) is 18.3 Å². The summed E-state index contributed by atoms with van der Waals surface area (Å²) in [6.45, 7) is 0.389. The van der Waals surface area contributed by atoms with E-state index < -0.39 is 17.5 Å². The highest BCUT2D eigenvalue weighted by atomic mass is 35.5. The van der Waals surface area contributed by atoms with Crippen LogP contribution < -0.4 is 5.73 Å². The fourth-order valence-electron chi connectivity index (χ4n) is 1.32. The Morgan fingerprint density at radius 2 is 1.94 bits per heavy atom. The molecule has 2 nitrogen and oxygen atoms in total. The summed E-state index contributed by atoms with van der Waals surface area (Å²) in [7, 11) is 0. The predicted octanol–water partition coefficient (Wildman–Crippen LogP) is 2.96. The van der Waals surface area contributed by atoms with Crippen molar-refractivity contribution in [1.29, 1.82) is 0 Å². The lowest BCUT2D eigenvalue weighted by Crippen LogP contribution is -2.07. The van der Waals surface area contributed by atoms with Gasteiger partial charge in [0.05, 0.1) is 10.6 Å². The number of aryl methyl sites for hydroxylation is 1. The van der Waals surface area contributed by atoms with E-state index >= 15 is 0 Å². The Kier molecular flexibility index (Phi) is 4.04. The zero-order valence-corrected chi connectivity index (χ0v) is 9.07. The minimum atomic E-state index is -4.60. The molecule has 0 bridgehead atoms. The van der Waals surface area contributed by atoms with Gasteiger partial charge in [-0.05, 0) is 37.1 Å². The van der Waals surface area contributed by atoms with Crippen LogP contribution in [-0.2, 0) is 12.6 Å². The molecule has 1 rings (SSSR count). The molecule has 0 unspecified atom stereocenters. The molecule has 1 aromatic carbocycles. The third kappa shape index (κ3) is 3.02. The Morgan fingerprint density at radius 3 is 2.44 bits per heavy atom. The Hall–Kier alpha value is -0.940. The van der Waals surface area contributed by atoms with Crippen molar-refractivity contribution in [3.63, 3.8) is 0 Å². The Morgan fingerprint density at radius 1 is 1.31 bits per heavy atom. The van der Waals surface area contributed by atoms with Gasteiger partial charge in [0.1, 0.15) is 5.75 Å². The van der Waals surface area contributed by atoms with Gasteiger partial charge in [0, 0.05) is 0 Å². The number of benzene rings is 1. The second kappa shape index (κ2) is 4.93. The van der Waals surface area contributed by atoms with E-state index in [1.807, 2.05) is 0 Å². The molecule has 0 amide bonds. The first kappa shape index (κ1) is 13.1. The molecule has 16 heavy (non-hydrogen) atoms. The number of phenols is 1. The van der Waals surface area contributed by atoms with Crippen LogP contribution in [0.15, 0.2) is 12.1 Å². The van der Waals surface area contributed by atoms with Gasteiger partial charge in [0.25, 0.3) is 0 Å². The van der Waals surface area contributed by atoms with Gasteiger partial charge in [0.15, 0.2) is 0 Å². The van der Waals surface area contributed by atoms with Crippen molar-refractivity contribution in [3.05, 3.63) is 28.3 Å². The summed E-state index contributed by atoms with van der Waals surface area (Å²) in [6, 6.07) is 2.22. The van der Waals surface area contributed by atoms with E-state index in [0.29, 0.717) is 24.9 Å². The number of halogens is 4. The Balaban J connectivity index is 3.12. The quantitative estimate of drug-likeness (QED) is 0.870. The molecule has 0 saturated heterocycles. The third-order valence-electron chi connectivity index (χ3n) is 2.10. The molecule has 1 aromatic rings. The van der Waals surface area contributed by atoms with Crippen LogP contribution in [0, 0.1) is 0 Å². The molecule has 0 atom stereocenters. The van der Waals surface area contributed by atoms with E-state index in [-0.39, 0.29) is 5.02 Å². The molecular formula is C10H11ClF3NO. The summed E-state index contributed by atoms with van der Waals surface area (Å²) in [5, 5.41) is 8.92. The number of alkyl halides is 3. The van der Waals surface area contributed by atoms with Crippen LogP contribution >= 0.6 is 11.6 Å². The van der Waals surface area contributed by atoms with E-state index in [0.717, 1.165) is 6.07 Å². The van der Waals surface area contributed by atoms with E-state index in [4.69, 9.17) is 17.3 Å². The molecular weight excluding hydrogens is 243 g/mol. The van der Waals surface area contributed by atoms with Crippen LogP contribution in [0.25, 0.3) is 0 Å². The minimum Gasteiger partial charge on any atom is -0.506 e. The van der Waals surface area contributed by atoms with Crippen molar-refractivity contribution in [3.8, 4) is 5.75 Å². The van der Waals surface area contributed by atoms with E-state index in [2.05, 4.69) is 0 Å². The fraction of sp³-hybridized carbons (Fsp3) is 0.400. The largest absolute Gasteiger partial charge is 0.506 e. The van der Waals surface area contributed by atoms with Gasteiger partial charge in [-0.2, -0.15) is 13.2 Å². The first-order chi connectivity index (χ1) is 7.36. The molecule has 90 valence electrons. The summed E-state index contributed by atoms with van der Waals surface area (Å²) in [4.78, 5) is 0. The smallest absolute Gasteiger partial charge is 0.420 e. The van der Waals surface area contributed by atoms with Crippen LogP contribution in [0.5, 0.6) is 5.75 Å². The van der Waals surface area contributed by atoms with Crippen molar-refractivity contribution < 1.29 is 18.3 Å². The van der Waals surface area contributed by atoms with Crippen LogP contribution in [0.1, 0.15) is 17.5 Å². The molecule has 0 radical (unpaired) electrons. The number of aromatic hydroxyl groups is 1. The maximum Gasteiger partial charge on any atom is 0.420 e. The summed E-state index contributed by atoms with van der Waals surface area (Å²) in [5.74, 6) is -0.925. The molecule has 6 heteroatoms. The van der Waals surface area contributed by atoms with Crippen molar-refractivity contribution >= 4 is 11.6 Å². The summed E-state index contributed by atoms with van der Waals surface area (Å²) in [6.07, 6.45) is -3.63. The second-order valence-electron chi connectivity index (χ2n) is 3.36. The molecule has 0 aromatic heterocycles. The van der Waals surface area contributed by atoms with Crippen LogP contribution in [0.4, 0.5) is 13.2 Å². The summed E-state index contributed by atoms with van der Waals surface area (Å²) >= 11 is 5.52. The summed E-state index contributed by atoms with van der Waals surface area (Å²) in [5.41, 5.74) is 4.58. The summed E-state index contributed by atoms with van der Waals surface area (Å²) < 4.78 is 37.5. The molecule has 0 aliphatic heterocycles. The highest BCUT2D eigenvalue weighted by Crippen LogP contribution is 2.40. The van der Waals surface area contributed by atoms with Crippen molar-refractivity contribution in [1.82, 2.24) is 0 Å². The van der Waals surface area contributed by atoms with Gasteiger partial charge in [-0.25, -0.2) is 0 Å². The predicted molar refractivity (Wildman–Crippen MR) is 55.5 cm³/mol. The normalized spacial score (nSPS) is 11.8. The number of hydrogen-bond donors (Lipinski definition) is 2. The third-order valence-corrected chi connectivity index (χ3v) is 2.39. The Bertz CT molecular complexity index is 379. The van der Waals surface area contributed by atoms with Crippen molar-refractivity contribution in [2.75, 3.05) is 6.54 Å². The van der Waals surface area contributed by atoms with Gasteiger partial charge in [-0.1, -0.05) is 11.6 Å². The molecule has 0 heterocycles. The van der Waals surface area contributed by atoms with E-state index in [1.165, 1.54) is 6.07 Å². The average Bonchev–Trinajstić information content (AvgIpc) is 2.17. The molecule has 3 N–H and O–H groups in total. The first-order valence-electron chi connectivity index (χ1n) is 4.65. The standard InChI is InChI=1S/C10H11ClF3NO/c11-8-5-6(2-1-3-15)4-7(9(8)16)10(12,13)14/h4-5,16H,1-3,15H2.